The zero-order chi connectivity index (χ0) is 18.7. The molecule has 2 N–H and O–H groups in total. The van der Waals surface area contributed by atoms with E-state index in [1.807, 2.05) is 37.3 Å². The van der Waals surface area contributed by atoms with E-state index >= 15 is 0 Å². The van der Waals surface area contributed by atoms with E-state index in [-0.39, 0.29) is 4.90 Å². The molecule has 0 bridgehead atoms. The summed E-state index contributed by atoms with van der Waals surface area (Å²) in [6, 6.07) is 14.2. The van der Waals surface area contributed by atoms with Crippen molar-refractivity contribution in [2.24, 2.45) is 0 Å². The van der Waals surface area contributed by atoms with Crippen molar-refractivity contribution in [3.8, 4) is 11.3 Å². The lowest BCUT2D eigenvalue weighted by Crippen LogP contribution is -2.29. The van der Waals surface area contributed by atoms with Gasteiger partial charge >= 0.3 is 0 Å². The predicted octanol–water partition coefficient (Wildman–Crippen LogP) is 4.47. The van der Waals surface area contributed by atoms with E-state index in [0.717, 1.165) is 11.3 Å². The van der Waals surface area contributed by atoms with Gasteiger partial charge in [0.25, 0.3) is 0 Å². The smallest absolute Gasteiger partial charge is 0.241 e. The topological polar surface area (TPSA) is 74.8 Å². The van der Waals surface area contributed by atoms with Gasteiger partial charge in [-0.25, -0.2) is 18.1 Å². The molecule has 3 rings (SSSR count). The molecule has 0 aliphatic rings. The van der Waals surface area contributed by atoms with Crippen LogP contribution in [-0.2, 0) is 10.0 Å². The van der Waals surface area contributed by atoms with Gasteiger partial charge in [-0.3, -0.25) is 0 Å². The standard InChI is InChI=1S/C19H20ClN3O2S/c1-3-16(19-21-12-17(22-19)14-8-5-4-6-9-14)23-26(24,25)18-11-7-10-15(20)13(18)2/h4-12,16,23H,3H2,1-2H3,(H,21,22). The molecular formula is C19H20ClN3O2S. The molecule has 26 heavy (non-hydrogen) atoms. The minimum absolute atomic E-state index is 0.179. The van der Waals surface area contributed by atoms with Gasteiger partial charge in [-0.1, -0.05) is 54.9 Å². The van der Waals surface area contributed by atoms with Crippen LogP contribution in [0.25, 0.3) is 11.3 Å². The number of nitrogens with zero attached hydrogens (tertiary/aromatic N) is 1. The largest absolute Gasteiger partial charge is 0.341 e. The van der Waals surface area contributed by atoms with Crippen molar-refractivity contribution >= 4 is 21.6 Å². The molecule has 5 nitrogen and oxygen atoms in total. The molecule has 1 aromatic heterocycles. The number of rotatable bonds is 6. The Balaban J connectivity index is 1.88. The van der Waals surface area contributed by atoms with Crippen LogP contribution in [0.3, 0.4) is 0 Å². The molecule has 0 spiro atoms. The van der Waals surface area contributed by atoms with Crippen LogP contribution in [0.1, 0.15) is 30.8 Å². The zero-order valence-corrected chi connectivity index (χ0v) is 16.1. The maximum atomic E-state index is 12.8. The summed E-state index contributed by atoms with van der Waals surface area (Å²) in [6.07, 6.45) is 2.27. The van der Waals surface area contributed by atoms with E-state index < -0.39 is 16.1 Å². The summed E-state index contributed by atoms with van der Waals surface area (Å²) in [4.78, 5) is 7.77. The molecule has 1 unspecified atom stereocenters. The van der Waals surface area contributed by atoms with E-state index in [4.69, 9.17) is 11.6 Å². The maximum absolute atomic E-state index is 12.8. The van der Waals surface area contributed by atoms with Crippen LogP contribution in [-0.4, -0.2) is 18.4 Å². The Morgan fingerprint density at radius 2 is 1.88 bits per heavy atom. The van der Waals surface area contributed by atoms with Crippen molar-refractivity contribution in [2.45, 2.75) is 31.2 Å². The number of aromatic nitrogens is 2. The van der Waals surface area contributed by atoms with Gasteiger partial charge in [0.05, 0.1) is 22.8 Å². The quantitative estimate of drug-likeness (QED) is 0.653. The number of nitrogens with one attached hydrogen (secondary N) is 2. The molecule has 0 radical (unpaired) electrons. The zero-order valence-electron chi connectivity index (χ0n) is 14.5. The molecular weight excluding hydrogens is 370 g/mol. The second-order valence-corrected chi connectivity index (χ2v) is 8.08. The number of hydrogen-bond acceptors (Lipinski definition) is 3. The Morgan fingerprint density at radius 3 is 2.58 bits per heavy atom. The Bertz CT molecular complexity index is 1000. The summed E-state index contributed by atoms with van der Waals surface area (Å²) in [5, 5.41) is 0.422. The highest BCUT2D eigenvalue weighted by Gasteiger charge is 2.24. The van der Waals surface area contributed by atoms with Crippen LogP contribution in [0.4, 0.5) is 0 Å². The molecule has 0 saturated heterocycles. The molecule has 0 fully saturated rings. The molecule has 2 aromatic carbocycles. The molecule has 1 atom stereocenters. The van der Waals surface area contributed by atoms with Crippen molar-refractivity contribution < 1.29 is 8.42 Å². The molecule has 0 aliphatic carbocycles. The lowest BCUT2D eigenvalue weighted by atomic mass is 10.2. The summed E-state index contributed by atoms with van der Waals surface area (Å²) < 4.78 is 28.4. The lowest BCUT2D eigenvalue weighted by Gasteiger charge is -2.16. The van der Waals surface area contributed by atoms with E-state index in [1.54, 1.807) is 31.3 Å². The van der Waals surface area contributed by atoms with E-state index in [9.17, 15) is 8.42 Å². The van der Waals surface area contributed by atoms with E-state index in [0.29, 0.717) is 22.8 Å². The Hall–Kier alpha value is -2.15. The maximum Gasteiger partial charge on any atom is 0.241 e. The monoisotopic (exact) mass is 389 g/mol. The normalized spacial score (nSPS) is 12.9. The van der Waals surface area contributed by atoms with Crippen molar-refractivity contribution in [3.05, 3.63) is 71.1 Å². The Labute approximate surface area is 158 Å². The summed E-state index contributed by atoms with van der Waals surface area (Å²) in [5.41, 5.74) is 2.37. The number of sulfonamides is 1. The second kappa shape index (κ2) is 7.61. The van der Waals surface area contributed by atoms with Gasteiger partial charge in [-0.2, -0.15) is 0 Å². The van der Waals surface area contributed by atoms with Crippen molar-refractivity contribution in [1.29, 1.82) is 0 Å². The van der Waals surface area contributed by atoms with Crippen molar-refractivity contribution in [1.82, 2.24) is 14.7 Å². The highest BCUT2D eigenvalue weighted by Crippen LogP contribution is 2.26. The van der Waals surface area contributed by atoms with Crippen LogP contribution in [0.15, 0.2) is 59.6 Å². The fourth-order valence-corrected chi connectivity index (χ4v) is 4.52. The fraction of sp³-hybridized carbons (Fsp3) is 0.211. The highest BCUT2D eigenvalue weighted by atomic mass is 35.5. The average molecular weight is 390 g/mol. The predicted molar refractivity (Wildman–Crippen MR) is 104 cm³/mol. The summed E-state index contributed by atoms with van der Waals surface area (Å²) in [6.45, 7) is 3.60. The summed E-state index contributed by atoms with van der Waals surface area (Å²) in [5.74, 6) is 0.578. The molecule has 3 aromatic rings. The van der Waals surface area contributed by atoms with Crippen LogP contribution < -0.4 is 4.72 Å². The first-order valence-electron chi connectivity index (χ1n) is 8.30. The fourth-order valence-electron chi connectivity index (χ4n) is 2.74. The third kappa shape index (κ3) is 3.82. The van der Waals surface area contributed by atoms with Crippen LogP contribution >= 0.6 is 11.6 Å². The van der Waals surface area contributed by atoms with Gasteiger partial charge in [-0.15, -0.1) is 0 Å². The second-order valence-electron chi connectivity index (χ2n) is 5.99. The van der Waals surface area contributed by atoms with E-state index in [2.05, 4.69) is 14.7 Å². The molecule has 1 heterocycles. The molecule has 0 amide bonds. The van der Waals surface area contributed by atoms with Gasteiger partial charge in [0.2, 0.25) is 10.0 Å². The number of aromatic amines is 1. The molecule has 0 aliphatic heterocycles. The van der Waals surface area contributed by atoms with E-state index in [1.165, 1.54) is 0 Å². The number of imidazole rings is 1. The van der Waals surface area contributed by atoms with Gasteiger partial charge in [-0.05, 0) is 36.6 Å². The lowest BCUT2D eigenvalue weighted by molar-refractivity contribution is 0.539. The van der Waals surface area contributed by atoms with Crippen LogP contribution in [0.5, 0.6) is 0 Å². The summed E-state index contributed by atoms with van der Waals surface area (Å²) >= 11 is 6.07. The Kier molecular flexibility index (Phi) is 5.46. The first kappa shape index (κ1) is 18.6. The number of H-pyrrole nitrogens is 1. The average Bonchev–Trinajstić information content (AvgIpc) is 3.12. The van der Waals surface area contributed by atoms with Gasteiger partial charge in [0, 0.05) is 5.02 Å². The van der Waals surface area contributed by atoms with Gasteiger partial charge < -0.3 is 4.98 Å². The first-order chi connectivity index (χ1) is 12.4. The number of hydrogen-bond donors (Lipinski definition) is 2. The Morgan fingerprint density at radius 1 is 1.15 bits per heavy atom. The molecule has 7 heteroatoms. The third-order valence-electron chi connectivity index (χ3n) is 4.22. The number of benzene rings is 2. The third-order valence-corrected chi connectivity index (χ3v) is 6.25. The molecule has 136 valence electrons. The first-order valence-corrected chi connectivity index (χ1v) is 10.2. The SMILES string of the molecule is CCC(NS(=O)(=O)c1cccc(Cl)c1C)c1ncc(-c2ccccc2)[nH]1. The highest BCUT2D eigenvalue weighted by molar-refractivity contribution is 7.89. The van der Waals surface area contributed by atoms with Crippen LogP contribution in [0.2, 0.25) is 5.02 Å². The minimum Gasteiger partial charge on any atom is -0.341 e. The van der Waals surface area contributed by atoms with Crippen molar-refractivity contribution in [3.63, 3.8) is 0 Å². The minimum atomic E-state index is -3.72. The van der Waals surface area contributed by atoms with Crippen LogP contribution in [0, 0.1) is 6.92 Å². The van der Waals surface area contributed by atoms with Gasteiger partial charge in [0.1, 0.15) is 5.82 Å². The van der Waals surface area contributed by atoms with Crippen molar-refractivity contribution in [2.75, 3.05) is 0 Å². The summed E-state index contributed by atoms with van der Waals surface area (Å²) in [7, 11) is -3.72. The number of halogens is 1. The van der Waals surface area contributed by atoms with Gasteiger partial charge in [0.15, 0.2) is 0 Å². The molecule has 0 saturated carbocycles.